The lowest BCUT2D eigenvalue weighted by Gasteiger charge is -2.10. The van der Waals surface area contributed by atoms with Gasteiger partial charge in [0, 0.05) is 27.9 Å². The van der Waals surface area contributed by atoms with Crippen molar-refractivity contribution in [3.05, 3.63) is 84.2 Å². The third kappa shape index (κ3) is 3.62. The lowest BCUT2D eigenvalue weighted by atomic mass is 10.2. The predicted octanol–water partition coefficient (Wildman–Crippen LogP) is 4.36. The fourth-order valence-corrected chi connectivity index (χ4v) is 3.17. The molecule has 0 aliphatic carbocycles. The molecule has 0 saturated carbocycles. The van der Waals surface area contributed by atoms with Gasteiger partial charge < -0.3 is 5.32 Å². The molecule has 116 valence electrons. The number of amides is 1. The summed E-state index contributed by atoms with van der Waals surface area (Å²) in [5.74, 6) is -0.196. The van der Waals surface area contributed by atoms with Crippen LogP contribution in [0.5, 0.6) is 0 Å². The van der Waals surface area contributed by atoms with Gasteiger partial charge in [-0.15, -0.1) is 0 Å². The third-order valence-corrected chi connectivity index (χ3v) is 4.45. The lowest BCUT2D eigenvalue weighted by molar-refractivity contribution is 0.102. The van der Waals surface area contributed by atoms with Crippen molar-refractivity contribution in [1.82, 2.24) is 4.98 Å². The molecule has 0 unspecified atom stereocenters. The molecule has 2 aromatic carbocycles. The number of nitriles is 1. The van der Waals surface area contributed by atoms with Gasteiger partial charge in [-0.25, -0.2) is 0 Å². The van der Waals surface area contributed by atoms with E-state index < -0.39 is 0 Å². The Morgan fingerprint density at radius 3 is 2.38 bits per heavy atom. The second kappa shape index (κ2) is 7.44. The zero-order valence-corrected chi connectivity index (χ0v) is 13.5. The van der Waals surface area contributed by atoms with Gasteiger partial charge in [-0.2, -0.15) is 5.26 Å². The third-order valence-electron chi connectivity index (χ3n) is 3.30. The van der Waals surface area contributed by atoms with Crippen molar-refractivity contribution in [3.8, 4) is 6.07 Å². The smallest absolute Gasteiger partial charge is 0.256 e. The standard InChI is InChI=1S/C19H13N3OS/c20-13-14-5-1-3-7-17(14)24-18-8-4-2-6-16(18)19(23)22-15-9-11-21-12-10-15/h1-12H,(H,21,22,23). The number of hydrogen-bond donors (Lipinski definition) is 1. The van der Waals surface area contributed by atoms with Crippen LogP contribution in [0.15, 0.2) is 82.8 Å². The maximum absolute atomic E-state index is 12.6. The first-order valence-corrected chi connectivity index (χ1v) is 8.07. The molecule has 0 spiro atoms. The summed E-state index contributed by atoms with van der Waals surface area (Å²) in [7, 11) is 0. The van der Waals surface area contributed by atoms with Gasteiger partial charge in [0.2, 0.25) is 0 Å². The maximum atomic E-state index is 12.6. The van der Waals surface area contributed by atoms with E-state index in [1.54, 1.807) is 36.7 Å². The van der Waals surface area contributed by atoms with Gasteiger partial charge >= 0.3 is 0 Å². The summed E-state index contributed by atoms with van der Waals surface area (Å²) in [5, 5.41) is 12.1. The average Bonchev–Trinajstić information content (AvgIpc) is 2.63. The molecule has 0 atom stereocenters. The molecule has 0 aliphatic heterocycles. The van der Waals surface area contributed by atoms with Crippen LogP contribution in [-0.4, -0.2) is 10.9 Å². The van der Waals surface area contributed by atoms with E-state index >= 15 is 0 Å². The normalized spacial score (nSPS) is 9.96. The summed E-state index contributed by atoms with van der Waals surface area (Å²) in [6.45, 7) is 0. The van der Waals surface area contributed by atoms with Gasteiger partial charge in [-0.3, -0.25) is 9.78 Å². The molecule has 1 N–H and O–H groups in total. The number of carbonyl (C=O) groups is 1. The molecule has 5 heteroatoms. The van der Waals surface area contributed by atoms with Crippen molar-refractivity contribution in [2.24, 2.45) is 0 Å². The van der Waals surface area contributed by atoms with Crippen LogP contribution in [0, 0.1) is 11.3 Å². The van der Waals surface area contributed by atoms with E-state index in [9.17, 15) is 10.1 Å². The first-order valence-electron chi connectivity index (χ1n) is 7.25. The number of anilines is 1. The van der Waals surface area contributed by atoms with Crippen LogP contribution < -0.4 is 5.32 Å². The summed E-state index contributed by atoms with van der Waals surface area (Å²) in [6, 6.07) is 20.3. The largest absolute Gasteiger partial charge is 0.322 e. The van der Waals surface area contributed by atoms with E-state index in [0.717, 1.165) is 9.79 Å². The van der Waals surface area contributed by atoms with Crippen molar-refractivity contribution in [2.45, 2.75) is 9.79 Å². The Morgan fingerprint density at radius 2 is 1.62 bits per heavy atom. The van der Waals surface area contributed by atoms with Crippen molar-refractivity contribution in [1.29, 1.82) is 5.26 Å². The van der Waals surface area contributed by atoms with E-state index in [-0.39, 0.29) is 5.91 Å². The van der Waals surface area contributed by atoms with Crippen LogP contribution in [-0.2, 0) is 0 Å². The molecule has 0 fully saturated rings. The quantitative estimate of drug-likeness (QED) is 0.771. The molecular weight excluding hydrogens is 318 g/mol. The Balaban J connectivity index is 1.88. The number of hydrogen-bond acceptors (Lipinski definition) is 4. The molecule has 1 aromatic heterocycles. The van der Waals surface area contributed by atoms with Gasteiger partial charge in [0.15, 0.2) is 0 Å². The Kier molecular flexibility index (Phi) is 4.90. The Bertz CT molecular complexity index is 904. The minimum absolute atomic E-state index is 0.196. The zero-order chi connectivity index (χ0) is 16.8. The molecule has 0 aliphatic rings. The molecule has 4 nitrogen and oxygen atoms in total. The minimum atomic E-state index is -0.196. The number of rotatable bonds is 4. The summed E-state index contributed by atoms with van der Waals surface area (Å²) in [5.41, 5.74) is 1.84. The van der Waals surface area contributed by atoms with Crippen molar-refractivity contribution >= 4 is 23.4 Å². The van der Waals surface area contributed by atoms with Crippen LogP contribution >= 0.6 is 11.8 Å². The van der Waals surface area contributed by atoms with Crippen LogP contribution in [0.4, 0.5) is 5.69 Å². The highest BCUT2D eigenvalue weighted by atomic mass is 32.2. The number of nitrogens with one attached hydrogen (secondary N) is 1. The number of nitrogens with zero attached hydrogens (tertiary/aromatic N) is 2. The summed E-state index contributed by atoms with van der Waals surface area (Å²) >= 11 is 1.41. The SMILES string of the molecule is N#Cc1ccccc1Sc1ccccc1C(=O)Nc1ccncc1. The van der Waals surface area contributed by atoms with Crippen molar-refractivity contribution in [3.63, 3.8) is 0 Å². The van der Waals surface area contributed by atoms with Gasteiger partial charge in [-0.05, 0) is 36.4 Å². The van der Waals surface area contributed by atoms with Crippen molar-refractivity contribution < 1.29 is 4.79 Å². The fraction of sp³-hybridized carbons (Fsp3) is 0. The highest BCUT2D eigenvalue weighted by molar-refractivity contribution is 7.99. The Labute approximate surface area is 144 Å². The van der Waals surface area contributed by atoms with Crippen molar-refractivity contribution in [2.75, 3.05) is 5.32 Å². The van der Waals surface area contributed by atoms with Gasteiger partial charge in [0.05, 0.1) is 11.1 Å². The molecule has 24 heavy (non-hydrogen) atoms. The highest BCUT2D eigenvalue weighted by Gasteiger charge is 2.13. The van der Waals surface area contributed by atoms with E-state index in [2.05, 4.69) is 16.4 Å². The Morgan fingerprint density at radius 1 is 0.958 bits per heavy atom. The van der Waals surface area contributed by atoms with Gasteiger partial charge in [0.1, 0.15) is 6.07 Å². The summed E-state index contributed by atoms with van der Waals surface area (Å²) in [6.07, 6.45) is 3.25. The van der Waals surface area contributed by atoms with E-state index in [1.165, 1.54) is 11.8 Å². The highest BCUT2D eigenvalue weighted by Crippen LogP contribution is 2.32. The van der Waals surface area contributed by atoms with Crippen LogP contribution in [0.3, 0.4) is 0 Å². The van der Waals surface area contributed by atoms with E-state index in [0.29, 0.717) is 16.8 Å². The Hall–Kier alpha value is -3.10. The molecule has 0 bridgehead atoms. The lowest BCUT2D eigenvalue weighted by Crippen LogP contribution is -2.12. The number of pyridine rings is 1. The number of aromatic nitrogens is 1. The zero-order valence-electron chi connectivity index (χ0n) is 12.6. The summed E-state index contributed by atoms with van der Waals surface area (Å²) in [4.78, 5) is 18.1. The fourth-order valence-electron chi connectivity index (χ4n) is 2.14. The first-order chi connectivity index (χ1) is 11.8. The maximum Gasteiger partial charge on any atom is 0.256 e. The van der Waals surface area contributed by atoms with Crippen LogP contribution in [0.1, 0.15) is 15.9 Å². The number of carbonyl (C=O) groups excluding carboxylic acids is 1. The van der Waals surface area contributed by atoms with E-state index in [1.807, 2.05) is 36.4 Å². The van der Waals surface area contributed by atoms with E-state index in [4.69, 9.17) is 0 Å². The first kappa shape index (κ1) is 15.8. The molecular formula is C19H13N3OS. The molecule has 1 heterocycles. The topological polar surface area (TPSA) is 65.8 Å². The second-order valence-corrected chi connectivity index (χ2v) is 5.98. The second-order valence-electron chi connectivity index (χ2n) is 4.90. The molecule has 3 aromatic rings. The number of benzene rings is 2. The van der Waals surface area contributed by atoms with Gasteiger partial charge in [-0.1, -0.05) is 36.0 Å². The van der Waals surface area contributed by atoms with Crippen LogP contribution in [0.2, 0.25) is 0 Å². The minimum Gasteiger partial charge on any atom is -0.322 e. The monoisotopic (exact) mass is 331 g/mol. The molecule has 3 rings (SSSR count). The van der Waals surface area contributed by atoms with Gasteiger partial charge in [0.25, 0.3) is 5.91 Å². The average molecular weight is 331 g/mol. The molecule has 0 saturated heterocycles. The van der Waals surface area contributed by atoms with Crippen LogP contribution in [0.25, 0.3) is 0 Å². The predicted molar refractivity (Wildman–Crippen MR) is 93.9 cm³/mol. The summed E-state index contributed by atoms with van der Waals surface area (Å²) < 4.78 is 0. The molecule has 1 amide bonds. The molecule has 0 radical (unpaired) electrons.